The van der Waals surface area contributed by atoms with Crippen molar-refractivity contribution in [3.05, 3.63) is 54.1 Å². The van der Waals surface area contributed by atoms with Gasteiger partial charge in [-0.3, -0.25) is 4.98 Å². The van der Waals surface area contributed by atoms with Gasteiger partial charge in [-0.15, -0.1) is 0 Å². The maximum Gasteiger partial charge on any atom is 0.318 e. The first kappa shape index (κ1) is 15.1. The molecular formula is C16H19BrN4O. The van der Waals surface area contributed by atoms with Gasteiger partial charge >= 0.3 is 6.03 Å². The molecule has 0 saturated carbocycles. The normalized spacial score (nSPS) is 17.1. The molecule has 2 aromatic rings. The van der Waals surface area contributed by atoms with Crippen LogP contribution >= 0.6 is 15.9 Å². The number of alkyl halides is 1. The first-order chi connectivity index (χ1) is 10.8. The molecule has 0 fully saturated rings. The van der Waals surface area contributed by atoms with E-state index in [1.54, 1.807) is 6.20 Å². The van der Waals surface area contributed by atoms with E-state index in [0.29, 0.717) is 13.1 Å². The Morgan fingerprint density at radius 1 is 1.36 bits per heavy atom. The number of rotatable bonds is 4. The van der Waals surface area contributed by atoms with Crippen LogP contribution in [-0.4, -0.2) is 38.9 Å². The van der Waals surface area contributed by atoms with Gasteiger partial charge in [0.25, 0.3) is 0 Å². The predicted molar refractivity (Wildman–Crippen MR) is 89.0 cm³/mol. The van der Waals surface area contributed by atoms with E-state index in [9.17, 15) is 4.79 Å². The highest BCUT2D eigenvalue weighted by atomic mass is 79.9. The van der Waals surface area contributed by atoms with Crippen LogP contribution in [0, 0.1) is 0 Å². The molecule has 1 aliphatic heterocycles. The first-order valence-electron chi connectivity index (χ1n) is 7.46. The van der Waals surface area contributed by atoms with E-state index in [1.807, 2.05) is 29.3 Å². The van der Waals surface area contributed by atoms with Crippen molar-refractivity contribution in [1.82, 2.24) is 19.8 Å². The number of carbonyl (C=O) groups excluding carboxylic acids is 1. The minimum Gasteiger partial charge on any atom is -0.348 e. The maximum atomic E-state index is 12.6. The van der Waals surface area contributed by atoms with Crippen LogP contribution in [0.15, 0.2) is 42.9 Å². The van der Waals surface area contributed by atoms with Gasteiger partial charge in [0, 0.05) is 49.2 Å². The van der Waals surface area contributed by atoms with E-state index >= 15 is 0 Å². The molecular weight excluding hydrogens is 344 g/mol. The molecule has 1 unspecified atom stereocenters. The van der Waals surface area contributed by atoms with Crippen molar-refractivity contribution >= 4 is 22.0 Å². The highest BCUT2D eigenvalue weighted by Crippen LogP contribution is 2.31. The van der Waals surface area contributed by atoms with E-state index < -0.39 is 0 Å². The molecule has 1 N–H and O–H groups in total. The summed E-state index contributed by atoms with van der Waals surface area (Å²) in [6, 6.07) is 7.96. The number of hydrogen-bond acceptors (Lipinski definition) is 2. The molecule has 5 nitrogen and oxygen atoms in total. The van der Waals surface area contributed by atoms with Crippen molar-refractivity contribution < 1.29 is 4.79 Å². The minimum absolute atomic E-state index is 0.0118. The van der Waals surface area contributed by atoms with Crippen LogP contribution in [0.5, 0.6) is 0 Å². The highest BCUT2D eigenvalue weighted by molar-refractivity contribution is 9.09. The van der Waals surface area contributed by atoms with Crippen molar-refractivity contribution in [3.8, 4) is 0 Å². The molecule has 22 heavy (non-hydrogen) atoms. The number of halogens is 1. The summed E-state index contributed by atoms with van der Waals surface area (Å²) in [6.45, 7) is 2.20. The summed E-state index contributed by atoms with van der Waals surface area (Å²) in [5.41, 5.74) is 2.17. The van der Waals surface area contributed by atoms with Crippen LogP contribution < -0.4 is 5.32 Å². The second-order valence-electron chi connectivity index (χ2n) is 5.28. The van der Waals surface area contributed by atoms with Gasteiger partial charge in [-0.1, -0.05) is 22.0 Å². The maximum absolute atomic E-state index is 12.6. The van der Waals surface area contributed by atoms with E-state index in [1.165, 1.54) is 0 Å². The lowest BCUT2D eigenvalue weighted by Gasteiger charge is -2.37. The number of nitrogens with one attached hydrogen (secondary N) is 1. The summed E-state index contributed by atoms with van der Waals surface area (Å²) in [5, 5.41) is 3.89. The summed E-state index contributed by atoms with van der Waals surface area (Å²) in [7, 11) is 0. The molecule has 0 saturated heterocycles. The molecule has 0 radical (unpaired) electrons. The second kappa shape index (κ2) is 6.96. The number of fused-ring (bicyclic) bond motifs is 1. The average molecular weight is 363 g/mol. The van der Waals surface area contributed by atoms with Crippen molar-refractivity contribution in [2.24, 2.45) is 0 Å². The molecule has 0 aromatic carbocycles. The molecule has 3 heterocycles. The number of carbonyl (C=O) groups is 1. The molecule has 2 aromatic heterocycles. The largest absolute Gasteiger partial charge is 0.348 e. The van der Waals surface area contributed by atoms with Gasteiger partial charge < -0.3 is 14.8 Å². The topological polar surface area (TPSA) is 50.2 Å². The Kier molecular flexibility index (Phi) is 4.77. The van der Waals surface area contributed by atoms with Gasteiger partial charge in [0.05, 0.1) is 0 Å². The zero-order valence-electron chi connectivity index (χ0n) is 12.3. The Hall–Kier alpha value is -1.82. The van der Waals surface area contributed by atoms with E-state index in [0.717, 1.165) is 29.6 Å². The van der Waals surface area contributed by atoms with Gasteiger partial charge in [-0.2, -0.15) is 0 Å². The molecule has 0 aliphatic carbocycles. The van der Waals surface area contributed by atoms with E-state index in [4.69, 9.17) is 0 Å². The van der Waals surface area contributed by atoms with Crippen molar-refractivity contribution in [3.63, 3.8) is 0 Å². The number of pyridine rings is 1. The Morgan fingerprint density at radius 2 is 2.27 bits per heavy atom. The van der Waals surface area contributed by atoms with Crippen LogP contribution in [-0.2, 0) is 6.54 Å². The Labute approximate surface area is 138 Å². The molecule has 116 valence electrons. The highest BCUT2D eigenvalue weighted by Gasteiger charge is 2.32. The lowest BCUT2D eigenvalue weighted by molar-refractivity contribution is 0.168. The minimum atomic E-state index is -0.0820. The zero-order chi connectivity index (χ0) is 15.4. The number of hydrogen-bond donors (Lipinski definition) is 1. The van der Waals surface area contributed by atoms with Gasteiger partial charge in [0.15, 0.2) is 0 Å². The van der Waals surface area contributed by atoms with Gasteiger partial charge in [-0.05, 0) is 30.2 Å². The summed E-state index contributed by atoms with van der Waals surface area (Å²) in [5.74, 6) is 0. The fourth-order valence-electron chi connectivity index (χ4n) is 2.85. The first-order valence-corrected chi connectivity index (χ1v) is 8.59. The summed E-state index contributed by atoms with van der Waals surface area (Å²) < 4.78 is 2.21. The van der Waals surface area contributed by atoms with Crippen LogP contribution in [0.3, 0.4) is 0 Å². The zero-order valence-corrected chi connectivity index (χ0v) is 13.9. The quantitative estimate of drug-likeness (QED) is 0.671. The molecule has 6 heteroatoms. The van der Waals surface area contributed by atoms with Crippen LogP contribution in [0.1, 0.15) is 23.7 Å². The molecule has 0 spiro atoms. The summed E-state index contributed by atoms with van der Waals surface area (Å²) in [4.78, 5) is 18.7. The van der Waals surface area contributed by atoms with Gasteiger partial charge in [0.1, 0.15) is 6.04 Å². The standard InChI is InChI=1S/C16H19BrN4O/c17-6-3-8-19-16(22)21-11-10-20-9-2-5-14(20)15(21)13-4-1-7-18-12-13/h1-2,4-5,7,9,12,15H,3,6,8,10-11H2,(H,19,22). The van der Waals surface area contributed by atoms with E-state index in [-0.39, 0.29) is 12.1 Å². The number of nitrogens with zero attached hydrogens (tertiary/aromatic N) is 3. The van der Waals surface area contributed by atoms with Gasteiger partial charge in [-0.25, -0.2) is 4.79 Å². The lowest BCUT2D eigenvalue weighted by Crippen LogP contribution is -2.47. The fourth-order valence-corrected chi connectivity index (χ4v) is 3.13. The molecule has 3 rings (SSSR count). The summed E-state index contributed by atoms with van der Waals surface area (Å²) in [6.07, 6.45) is 6.59. The smallest absolute Gasteiger partial charge is 0.318 e. The fraction of sp³-hybridized carbons (Fsp3) is 0.375. The SMILES string of the molecule is O=C(NCCCBr)N1CCn2cccc2C1c1cccnc1. The van der Waals surface area contributed by atoms with Crippen LogP contribution in [0.2, 0.25) is 0 Å². The third-order valence-electron chi connectivity index (χ3n) is 3.89. The lowest BCUT2D eigenvalue weighted by atomic mass is 10.0. The molecule has 1 aliphatic rings. The Morgan fingerprint density at radius 3 is 3.05 bits per heavy atom. The van der Waals surface area contributed by atoms with Crippen LogP contribution in [0.25, 0.3) is 0 Å². The number of amides is 2. The Balaban J connectivity index is 1.87. The van der Waals surface area contributed by atoms with Crippen molar-refractivity contribution in [2.75, 3.05) is 18.4 Å². The van der Waals surface area contributed by atoms with Gasteiger partial charge in [0.2, 0.25) is 0 Å². The van der Waals surface area contributed by atoms with Crippen molar-refractivity contribution in [2.45, 2.75) is 19.0 Å². The molecule has 2 amide bonds. The second-order valence-corrected chi connectivity index (χ2v) is 6.08. The Bertz CT molecular complexity index is 628. The summed E-state index contributed by atoms with van der Waals surface area (Å²) >= 11 is 3.38. The average Bonchev–Trinajstić information content (AvgIpc) is 3.03. The molecule has 0 bridgehead atoms. The third kappa shape index (κ3) is 3.02. The number of aromatic nitrogens is 2. The van der Waals surface area contributed by atoms with Crippen molar-refractivity contribution in [1.29, 1.82) is 0 Å². The predicted octanol–water partition coefficient (Wildman–Crippen LogP) is 2.78. The monoisotopic (exact) mass is 362 g/mol. The van der Waals surface area contributed by atoms with Crippen LogP contribution in [0.4, 0.5) is 4.79 Å². The third-order valence-corrected chi connectivity index (χ3v) is 4.45. The number of urea groups is 1. The van der Waals surface area contributed by atoms with E-state index in [2.05, 4.69) is 43.1 Å². The molecule has 1 atom stereocenters.